The van der Waals surface area contributed by atoms with Crippen LogP contribution >= 0.6 is 33.9 Å². The molecule has 1 aliphatic rings. The summed E-state index contributed by atoms with van der Waals surface area (Å²) in [5, 5.41) is 3.39. The highest BCUT2D eigenvalue weighted by Gasteiger charge is 2.28. The molecule has 0 unspecified atom stereocenters. The van der Waals surface area contributed by atoms with Crippen LogP contribution in [0.25, 0.3) is 0 Å². The van der Waals surface area contributed by atoms with Crippen molar-refractivity contribution in [3.63, 3.8) is 0 Å². The fourth-order valence-electron chi connectivity index (χ4n) is 3.00. The molecule has 138 valence electrons. The van der Waals surface area contributed by atoms with Gasteiger partial charge in [-0.3, -0.25) is 4.79 Å². The summed E-state index contributed by atoms with van der Waals surface area (Å²) in [4.78, 5) is 25.7. The minimum absolute atomic E-state index is 0.111. The number of benzene rings is 1. The Labute approximate surface area is 170 Å². The van der Waals surface area contributed by atoms with Crippen LogP contribution in [0.2, 0.25) is 0 Å². The molecular formula is C19H20INO4S. The standard InChI is InChI=1S/C19H20INO4S/c1-11-3-8-14-15(9-11)26-18(17(14)19(23)24-2)21-16(22)10-25-13-6-4-12(20)5-7-13/h4-7,11H,3,8-10H2,1-2H3,(H,21,22)/t11-/m1/s1. The monoisotopic (exact) mass is 485 g/mol. The molecule has 1 heterocycles. The molecule has 0 fully saturated rings. The first-order valence-corrected chi connectivity index (χ1v) is 10.3. The van der Waals surface area contributed by atoms with E-state index >= 15 is 0 Å². The van der Waals surface area contributed by atoms with Crippen LogP contribution in [0.5, 0.6) is 5.75 Å². The summed E-state index contributed by atoms with van der Waals surface area (Å²) in [5.74, 6) is 0.527. The number of carbonyl (C=O) groups excluding carboxylic acids is 2. The van der Waals surface area contributed by atoms with Crippen LogP contribution in [-0.2, 0) is 22.4 Å². The lowest BCUT2D eigenvalue weighted by atomic mass is 9.88. The highest BCUT2D eigenvalue weighted by Crippen LogP contribution is 2.40. The minimum Gasteiger partial charge on any atom is -0.484 e. The molecule has 26 heavy (non-hydrogen) atoms. The number of ether oxygens (including phenoxy) is 2. The van der Waals surface area contributed by atoms with Crippen molar-refractivity contribution in [2.75, 3.05) is 19.0 Å². The molecule has 1 aromatic heterocycles. The van der Waals surface area contributed by atoms with Crippen LogP contribution in [-0.4, -0.2) is 25.6 Å². The maximum Gasteiger partial charge on any atom is 0.341 e. The number of thiophene rings is 1. The molecule has 0 radical (unpaired) electrons. The first-order chi connectivity index (χ1) is 12.5. The zero-order valence-electron chi connectivity index (χ0n) is 14.6. The number of esters is 1. The number of fused-ring (bicyclic) bond motifs is 1. The number of nitrogens with one attached hydrogen (secondary N) is 1. The Hall–Kier alpha value is -1.61. The number of hydrogen-bond donors (Lipinski definition) is 1. The first-order valence-electron chi connectivity index (χ1n) is 8.39. The molecule has 3 rings (SSSR count). The fraction of sp³-hybridized carbons (Fsp3) is 0.368. The smallest absolute Gasteiger partial charge is 0.341 e. The zero-order valence-corrected chi connectivity index (χ0v) is 17.6. The normalized spacial score (nSPS) is 15.9. The van der Waals surface area contributed by atoms with Crippen LogP contribution < -0.4 is 10.1 Å². The maximum absolute atomic E-state index is 12.3. The molecule has 0 spiro atoms. The van der Waals surface area contributed by atoms with Gasteiger partial charge >= 0.3 is 5.97 Å². The number of anilines is 1. The highest BCUT2D eigenvalue weighted by atomic mass is 127. The molecule has 1 N–H and O–H groups in total. The molecule has 1 aliphatic carbocycles. The fourth-order valence-corrected chi connectivity index (χ4v) is 4.77. The average Bonchev–Trinajstić information content (AvgIpc) is 2.97. The minimum atomic E-state index is -0.397. The Balaban J connectivity index is 1.73. The quantitative estimate of drug-likeness (QED) is 0.508. The zero-order chi connectivity index (χ0) is 18.7. The van der Waals surface area contributed by atoms with E-state index in [0.29, 0.717) is 22.2 Å². The van der Waals surface area contributed by atoms with Crippen molar-refractivity contribution in [2.45, 2.75) is 26.2 Å². The molecule has 5 nitrogen and oxygen atoms in total. The van der Waals surface area contributed by atoms with Crippen molar-refractivity contribution in [3.05, 3.63) is 43.8 Å². The molecule has 0 saturated carbocycles. The second-order valence-corrected chi connectivity index (χ2v) is 8.69. The second-order valence-electron chi connectivity index (χ2n) is 6.34. The van der Waals surface area contributed by atoms with Crippen LogP contribution in [0, 0.1) is 9.49 Å². The van der Waals surface area contributed by atoms with Gasteiger partial charge in [0.25, 0.3) is 5.91 Å². The number of carbonyl (C=O) groups is 2. The van der Waals surface area contributed by atoms with Gasteiger partial charge in [-0.25, -0.2) is 4.79 Å². The Bertz CT molecular complexity index is 816. The molecule has 1 atom stereocenters. The molecule has 1 amide bonds. The van der Waals surface area contributed by atoms with Gasteiger partial charge in [-0.05, 0) is 77.6 Å². The summed E-state index contributed by atoms with van der Waals surface area (Å²) in [6, 6.07) is 7.47. The van der Waals surface area contributed by atoms with E-state index in [1.54, 1.807) is 0 Å². The lowest BCUT2D eigenvalue weighted by molar-refractivity contribution is -0.118. The van der Waals surface area contributed by atoms with E-state index in [1.807, 2.05) is 24.3 Å². The largest absolute Gasteiger partial charge is 0.484 e. The van der Waals surface area contributed by atoms with Crippen molar-refractivity contribution in [1.82, 2.24) is 0 Å². The first kappa shape index (κ1) is 19.2. The number of halogens is 1. The van der Waals surface area contributed by atoms with Gasteiger partial charge in [0.05, 0.1) is 12.7 Å². The lowest BCUT2D eigenvalue weighted by Crippen LogP contribution is -2.21. The Morgan fingerprint density at radius 2 is 2.04 bits per heavy atom. The predicted molar refractivity (Wildman–Crippen MR) is 110 cm³/mol. The van der Waals surface area contributed by atoms with Gasteiger partial charge in [-0.2, -0.15) is 0 Å². The molecule has 2 aromatic rings. The van der Waals surface area contributed by atoms with Gasteiger partial charge in [-0.15, -0.1) is 11.3 Å². The number of methoxy groups -OCH3 is 1. The van der Waals surface area contributed by atoms with E-state index in [4.69, 9.17) is 9.47 Å². The van der Waals surface area contributed by atoms with Crippen molar-refractivity contribution >= 4 is 50.8 Å². The number of amides is 1. The maximum atomic E-state index is 12.3. The number of hydrogen-bond acceptors (Lipinski definition) is 5. The molecule has 0 bridgehead atoms. The van der Waals surface area contributed by atoms with E-state index in [2.05, 4.69) is 34.8 Å². The summed E-state index contributed by atoms with van der Waals surface area (Å²) in [6.45, 7) is 2.09. The van der Waals surface area contributed by atoms with E-state index in [9.17, 15) is 9.59 Å². The lowest BCUT2D eigenvalue weighted by Gasteiger charge is -2.18. The summed E-state index contributed by atoms with van der Waals surface area (Å²) >= 11 is 3.68. The van der Waals surface area contributed by atoms with Gasteiger partial charge in [0.2, 0.25) is 0 Å². The van der Waals surface area contributed by atoms with Crippen molar-refractivity contribution < 1.29 is 19.1 Å². The topological polar surface area (TPSA) is 64.6 Å². The van der Waals surface area contributed by atoms with Crippen LogP contribution in [0.1, 0.15) is 34.1 Å². The van der Waals surface area contributed by atoms with Gasteiger partial charge < -0.3 is 14.8 Å². The van der Waals surface area contributed by atoms with Crippen LogP contribution in [0.4, 0.5) is 5.00 Å². The van der Waals surface area contributed by atoms with E-state index in [0.717, 1.165) is 33.3 Å². The van der Waals surface area contributed by atoms with Crippen molar-refractivity contribution in [2.24, 2.45) is 5.92 Å². The van der Waals surface area contributed by atoms with Gasteiger partial charge in [-0.1, -0.05) is 6.92 Å². The summed E-state index contributed by atoms with van der Waals surface area (Å²) < 4.78 is 11.5. The third-order valence-corrected chi connectivity index (χ3v) is 6.23. The van der Waals surface area contributed by atoms with E-state index in [1.165, 1.54) is 18.4 Å². The molecular weight excluding hydrogens is 465 g/mol. The van der Waals surface area contributed by atoms with Crippen molar-refractivity contribution in [3.8, 4) is 5.75 Å². The Morgan fingerprint density at radius 3 is 2.73 bits per heavy atom. The van der Waals surface area contributed by atoms with Gasteiger partial charge in [0, 0.05) is 8.45 Å². The predicted octanol–water partition coefficient (Wildman–Crippen LogP) is 4.28. The SMILES string of the molecule is COC(=O)c1c(NC(=O)COc2ccc(I)cc2)sc2c1CC[C@@H](C)C2. The van der Waals surface area contributed by atoms with Gasteiger partial charge in [0.15, 0.2) is 6.61 Å². The van der Waals surface area contributed by atoms with Crippen LogP contribution in [0.15, 0.2) is 24.3 Å². The van der Waals surface area contributed by atoms with Crippen LogP contribution in [0.3, 0.4) is 0 Å². The van der Waals surface area contributed by atoms with E-state index < -0.39 is 5.97 Å². The summed E-state index contributed by atoms with van der Waals surface area (Å²) in [6.07, 6.45) is 2.81. The molecule has 0 saturated heterocycles. The molecule has 7 heteroatoms. The summed E-state index contributed by atoms with van der Waals surface area (Å²) in [7, 11) is 1.36. The Morgan fingerprint density at radius 1 is 1.31 bits per heavy atom. The average molecular weight is 485 g/mol. The molecule has 0 aliphatic heterocycles. The third-order valence-electron chi connectivity index (χ3n) is 4.34. The highest BCUT2D eigenvalue weighted by molar-refractivity contribution is 14.1. The number of rotatable bonds is 5. The van der Waals surface area contributed by atoms with Crippen molar-refractivity contribution in [1.29, 1.82) is 0 Å². The third kappa shape index (κ3) is 4.37. The van der Waals surface area contributed by atoms with E-state index in [-0.39, 0.29) is 12.5 Å². The Kier molecular flexibility index (Phi) is 6.18. The van der Waals surface area contributed by atoms with Gasteiger partial charge in [0.1, 0.15) is 10.8 Å². The summed E-state index contributed by atoms with van der Waals surface area (Å²) in [5.41, 5.74) is 1.52. The molecule has 1 aromatic carbocycles. The second kappa shape index (κ2) is 8.39.